The van der Waals surface area contributed by atoms with E-state index < -0.39 is 24.0 Å². The third-order valence-corrected chi connectivity index (χ3v) is 6.70. The molecule has 1 aliphatic heterocycles. The highest BCUT2D eigenvalue weighted by Crippen LogP contribution is 2.29. The average Bonchev–Trinajstić information content (AvgIpc) is 3.28. The Bertz CT molecular complexity index is 942. The fraction of sp³-hybridized carbons (Fsp3) is 0.600. The first-order valence-corrected chi connectivity index (χ1v) is 12.2. The third-order valence-electron chi connectivity index (χ3n) is 6.70. The zero-order chi connectivity index (χ0) is 23.2. The number of carbonyl (C=O) groups is 3. The molecule has 2 fully saturated rings. The number of ketones is 1. The summed E-state index contributed by atoms with van der Waals surface area (Å²) in [6, 6.07) is 6.19. The van der Waals surface area contributed by atoms with E-state index in [1.807, 2.05) is 11.0 Å². The van der Waals surface area contributed by atoms with Crippen molar-refractivity contribution in [3.05, 3.63) is 30.2 Å². The van der Waals surface area contributed by atoms with Crippen LogP contribution in [0.3, 0.4) is 0 Å². The molecule has 1 N–H and O–H groups in total. The third kappa shape index (κ3) is 5.92. The van der Waals surface area contributed by atoms with Crippen molar-refractivity contribution in [3.63, 3.8) is 0 Å². The molecule has 2 aliphatic rings. The van der Waals surface area contributed by atoms with Gasteiger partial charge in [-0.15, -0.1) is 0 Å². The Labute approximate surface area is 194 Å². The number of benzene rings is 1. The van der Waals surface area contributed by atoms with Crippen molar-refractivity contribution in [2.75, 3.05) is 13.1 Å². The van der Waals surface area contributed by atoms with Crippen LogP contribution in [0.1, 0.15) is 75.4 Å². The van der Waals surface area contributed by atoms with Crippen LogP contribution in [0.4, 0.5) is 4.79 Å². The number of Topliss-reactive ketones (excluding diaryl/α,β-unsaturated/α-hetero) is 1. The maximum absolute atomic E-state index is 13.2. The first-order valence-electron chi connectivity index (χ1n) is 12.2. The van der Waals surface area contributed by atoms with Crippen molar-refractivity contribution in [3.8, 4) is 0 Å². The first-order chi connectivity index (χ1) is 16.0. The van der Waals surface area contributed by atoms with E-state index in [2.05, 4.69) is 10.3 Å². The normalized spacial score (nSPS) is 19.1. The van der Waals surface area contributed by atoms with Gasteiger partial charge in [0.2, 0.25) is 5.78 Å². The predicted octanol–water partition coefficient (Wildman–Crippen LogP) is 4.48. The number of amides is 2. The highest BCUT2D eigenvalue weighted by atomic mass is 16.6. The van der Waals surface area contributed by atoms with Gasteiger partial charge in [0.15, 0.2) is 11.7 Å². The molecule has 8 heteroatoms. The number of alkyl carbamates (subject to hydrolysis) is 1. The lowest BCUT2D eigenvalue weighted by atomic mass is 9.85. The van der Waals surface area contributed by atoms with Gasteiger partial charge < -0.3 is 19.4 Å². The molecular formula is C25H33N3O5. The molecule has 1 saturated carbocycles. The molecule has 4 rings (SSSR count). The van der Waals surface area contributed by atoms with Gasteiger partial charge in [0, 0.05) is 13.1 Å². The number of hydrogen-bond donors (Lipinski definition) is 1. The van der Waals surface area contributed by atoms with Gasteiger partial charge in [-0.25, -0.2) is 9.78 Å². The molecule has 178 valence electrons. The Kier molecular flexibility index (Phi) is 7.62. The molecule has 2 atom stereocenters. The number of piperidine rings is 1. The van der Waals surface area contributed by atoms with Crippen molar-refractivity contribution in [1.82, 2.24) is 15.2 Å². The number of fused-ring (bicyclic) bond motifs is 1. The minimum atomic E-state index is -0.897. The van der Waals surface area contributed by atoms with Crippen LogP contribution in [-0.4, -0.2) is 52.9 Å². The highest BCUT2D eigenvalue weighted by Gasteiger charge is 2.33. The number of carbonyl (C=O) groups excluding carboxylic acids is 3. The maximum Gasteiger partial charge on any atom is 0.408 e. The molecule has 1 saturated heterocycles. The largest absolute Gasteiger partial charge is 0.436 e. The van der Waals surface area contributed by atoms with Crippen LogP contribution in [0, 0.1) is 5.92 Å². The van der Waals surface area contributed by atoms with E-state index in [0.29, 0.717) is 36.5 Å². The molecule has 0 spiro atoms. The second-order valence-electron chi connectivity index (χ2n) is 9.24. The molecule has 0 bridgehead atoms. The van der Waals surface area contributed by atoms with Gasteiger partial charge in [0.1, 0.15) is 5.52 Å². The minimum Gasteiger partial charge on any atom is -0.436 e. The van der Waals surface area contributed by atoms with E-state index in [9.17, 15) is 14.4 Å². The summed E-state index contributed by atoms with van der Waals surface area (Å²) in [7, 11) is 0. The van der Waals surface area contributed by atoms with Gasteiger partial charge in [-0.05, 0) is 50.7 Å². The Morgan fingerprint density at radius 2 is 1.79 bits per heavy atom. The van der Waals surface area contributed by atoms with Crippen LogP contribution < -0.4 is 5.32 Å². The molecule has 2 amide bonds. The van der Waals surface area contributed by atoms with Gasteiger partial charge in [0.25, 0.3) is 11.8 Å². The van der Waals surface area contributed by atoms with E-state index in [4.69, 9.17) is 9.15 Å². The Balaban J connectivity index is 1.39. The number of para-hydroxylation sites is 2. The Morgan fingerprint density at radius 1 is 1.09 bits per heavy atom. The quantitative estimate of drug-likeness (QED) is 0.618. The van der Waals surface area contributed by atoms with Crippen molar-refractivity contribution >= 4 is 28.9 Å². The topological polar surface area (TPSA) is 102 Å². The fourth-order valence-electron chi connectivity index (χ4n) is 4.81. The molecule has 2 aromatic rings. The maximum atomic E-state index is 13.2. The number of ether oxygens (including phenoxy) is 1. The number of nitrogens with one attached hydrogen (secondary N) is 1. The average molecular weight is 456 g/mol. The van der Waals surface area contributed by atoms with Gasteiger partial charge in [-0.2, -0.15) is 0 Å². The van der Waals surface area contributed by atoms with E-state index in [-0.39, 0.29) is 11.8 Å². The SMILES string of the molecule is C[C@H](NC(=O)O[C@@H](CC1CCCCC1)C(=O)N1CCCCC1)C(=O)c1nc2ccccc2o1. The molecule has 2 heterocycles. The Hall–Kier alpha value is -2.90. The number of aromatic nitrogens is 1. The molecule has 0 unspecified atom stereocenters. The zero-order valence-corrected chi connectivity index (χ0v) is 19.3. The van der Waals surface area contributed by atoms with E-state index in [0.717, 1.165) is 44.9 Å². The molecular weight excluding hydrogens is 422 g/mol. The lowest BCUT2D eigenvalue weighted by molar-refractivity contribution is -0.142. The summed E-state index contributed by atoms with van der Waals surface area (Å²) in [6.45, 7) is 2.97. The van der Waals surface area contributed by atoms with Crippen LogP contribution in [0.5, 0.6) is 0 Å². The monoisotopic (exact) mass is 455 g/mol. The number of likely N-dealkylation sites (tertiary alicyclic amines) is 1. The summed E-state index contributed by atoms with van der Waals surface area (Å²) in [6.07, 6.45) is 7.66. The summed E-state index contributed by atoms with van der Waals surface area (Å²) < 4.78 is 11.2. The number of rotatable bonds is 7. The van der Waals surface area contributed by atoms with Crippen LogP contribution in [0.15, 0.2) is 28.7 Å². The van der Waals surface area contributed by atoms with Crippen molar-refractivity contribution in [2.24, 2.45) is 5.92 Å². The number of hydrogen-bond acceptors (Lipinski definition) is 6. The predicted molar refractivity (Wildman–Crippen MR) is 123 cm³/mol. The zero-order valence-electron chi connectivity index (χ0n) is 19.3. The van der Waals surface area contributed by atoms with Gasteiger partial charge in [0.05, 0.1) is 6.04 Å². The van der Waals surface area contributed by atoms with Crippen LogP contribution in [-0.2, 0) is 9.53 Å². The van der Waals surface area contributed by atoms with Gasteiger partial charge >= 0.3 is 6.09 Å². The van der Waals surface area contributed by atoms with E-state index >= 15 is 0 Å². The molecule has 1 aliphatic carbocycles. The molecule has 0 radical (unpaired) electrons. The summed E-state index contributed by atoms with van der Waals surface area (Å²) in [4.78, 5) is 44.6. The van der Waals surface area contributed by atoms with Crippen LogP contribution in [0.2, 0.25) is 0 Å². The van der Waals surface area contributed by atoms with Crippen molar-refractivity contribution < 1.29 is 23.5 Å². The van der Waals surface area contributed by atoms with Crippen LogP contribution in [0.25, 0.3) is 11.1 Å². The second-order valence-corrected chi connectivity index (χ2v) is 9.24. The summed E-state index contributed by atoms with van der Waals surface area (Å²) in [5.41, 5.74) is 1.09. The molecule has 1 aromatic carbocycles. The minimum absolute atomic E-state index is 0.0628. The lowest BCUT2D eigenvalue weighted by Gasteiger charge is -2.32. The standard InChI is InChI=1S/C25H33N3O5/c1-17(22(29)23-27-19-12-6-7-13-20(19)32-23)26-25(31)33-21(16-18-10-4-2-5-11-18)24(30)28-14-8-3-9-15-28/h6-7,12-13,17-18,21H,2-5,8-11,14-16H2,1H3,(H,26,31)/t17-,21-/m0/s1. The smallest absolute Gasteiger partial charge is 0.408 e. The first kappa shape index (κ1) is 23.3. The van der Waals surface area contributed by atoms with Gasteiger partial charge in [-0.3, -0.25) is 9.59 Å². The molecule has 33 heavy (non-hydrogen) atoms. The second kappa shape index (κ2) is 10.8. The van der Waals surface area contributed by atoms with Gasteiger partial charge in [-0.1, -0.05) is 44.2 Å². The number of oxazole rings is 1. The lowest BCUT2D eigenvalue weighted by Crippen LogP contribution is -2.47. The summed E-state index contributed by atoms with van der Waals surface area (Å²) in [5.74, 6) is -0.251. The molecule has 1 aromatic heterocycles. The summed E-state index contributed by atoms with van der Waals surface area (Å²) >= 11 is 0. The van der Waals surface area contributed by atoms with E-state index in [1.165, 1.54) is 6.42 Å². The Morgan fingerprint density at radius 3 is 2.52 bits per heavy atom. The van der Waals surface area contributed by atoms with Crippen molar-refractivity contribution in [2.45, 2.75) is 76.9 Å². The molecule has 8 nitrogen and oxygen atoms in total. The fourth-order valence-corrected chi connectivity index (χ4v) is 4.81. The highest BCUT2D eigenvalue weighted by molar-refractivity contribution is 5.99. The van der Waals surface area contributed by atoms with E-state index in [1.54, 1.807) is 25.1 Å². The number of nitrogens with zero attached hydrogens (tertiary/aromatic N) is 2. The van der Waals surface area contributed by atoms with Crippen LogP contribution >= 0.6 is 0 Å². The van der Waals surface area contributed by atoms with Crippen molar-refractivity contribution in [1.29, 1.82) is 0 Å². The summed E-state index contributed by atoms with van der Waals surface area (Å²) in [5, 5.41) is 2.57.